The number of cyclic esters (lactones) is 1. The molecule has 4 rings (SSSR count). The first kappa shape index (κ1) is 21.8. The fraction of sp³-hybridized carbons (Fsp3) is 0.120. The lowest BCUT2D eigenvalue weighted by Crippen LogP contribution is -2.05. The van der Waals surface area contributed by atoms with Crippen molar-refractivity contribution in [1.29, 1.82) is 0 Å². The Bertz CT molecular complexity index is 1250. The van der Waals surface area contributed by atoms with Crippen molar-refractivity contribution in [1.82, 2.24) is 0 Å². The Kier molecular flexibility index (Phi) is 6.45. The molecule has 0 amide bonds. The molecule has 0 atom stereocenters. The minimum Gasteiger partial charge on any atom is -0.490 e. The monoisotopic (exact) mass is 444 g/mol. The van der Waals surface area contributed by atoms with E-state index < -0.39 is 10.9 Å². The van der Waals surface area contributed by atoms with Crippen LogP contribution in [0.1, 0.15) is 23.6 Å². The molecule has 166 valence electrons. The van der Waals surface area contributed by atoms with Gasteiger partial charge in [-0.25, -0.2) is 9.79 Å². The predicted molar refractivity (Wildman–Crippen MR) is 122 cm³/mol. The summed E-state index contributed by atoms with van der Waals surface area (Å²) in [7, 11) is 0. The van der Waals surface area contributed by atoms with Gasteiger partial charge in [0.15, 0.2) is 17.2 Å². The van der Waals surface area contributed by atoms with Gasteiger partial charge in [0.2, 0.25) is 5.90 Å². The maximum atomic E-state index is 12.3. The Labute approximate surface area is 189 Å². The highest BCUT2D eigenvalue weighted by Gasteiger charge is 2.24. The summed E-state index contributed by atoms with van der Waals surface area (Å²) in [4.78, 5) is 27.1. The molecule has 0 aliphatic carbocycles. The van der Waals surface area contributed by atoms with Crippen molar-refractivity contribution in [3.05, 3.63) is 105 Å². The Hall–Kier alpha value is -4.46. The average molecular weight is 444 g/mol. The van der Waals surface area contributed by atoms with E-state index in [1.54, 1.807) is 36.4 Å². The summed E-state index contributed by atoms with van der Waals surface area (Å²) >= 11 is 0. The number of carbonyl (C=O) groups is 1. The number of nitro groups is 1. The van der Waals surface area contributed by atoms with Crippen LogP contribution in [0.4, 0.5) is 5.69 Å². The zero-order valence-electron chi connectivity index (χ0n) is 17.8. The van der Waals surface area contributed by atoms with Gasteiger partial charge in [0.1, 0.15) is 6.61 Å². The van der Waals surface area contributed by atoms with Gasteiger partial charge in [-0.3, -0.25) is 10.1 Å². The number of non-ortho nitro benzene ring substituents is 1. The van der Waals surface area contributed by atoms with E-state index in [1.165, 1.54) is 12.1 Å². The van der Waals surface area contributed by atoms with Gasteiger partial charge in [-0.1, -0.05) is 36.4 Å². The largest absolute Gasteiger partial charge is 0.490 e. The van der Waals surface area contributed by atoms with Crippen LogP contribution in [0.2, 0.25) is 0 Å². The van der Waals surface area contributed by atoms with E-state index in [9.17, 15) is 14.9 Å². The molecule has 0 N–H and O–H groups in total. The fourth-order valence-electron chi connectivity index (χ4n) is 3.19. The Morgan fingerprint density at radius 3 is 2.58 bits per heavy atom. The molecular weight excluding hydrogens is 424 g/mol. The second-order valence-electron chi connectivity index (χ2n) is 7.06. The van der Waals surface area contributed by atoms with Crippen molar-refractivity contribution in [2.75, 3.05) is 6.61 Å². The molecule has 0 fully saturated rings. The number of hydrogen-bond acceptors (Lipinski definition) is 7. The summed E-state index contributed by atoms with van der Waals surface area (Å²) in [6.45, 7) is 2.39. The number of aliphatic imine (C=N–C) groups is 1. The van der Waals surface area contributed by atoms with Crippen molar-refractivity contribution in [3.63, 3.8) is 0 Å². The highest BCUT2D eigenvalue weighted by molar-refractivity contribution is 6.12. The summed E-state index contributed by atoms with van der Waals surface area (Å²) in [5.74, 6) is 0.690. The summed E-state index contributed by atoms with van der Waals surface area (Å²) < 4.78 is 16.8. The van der Waals surface area contributed by atoms with Crippen LogP contribution in [0.15, 0.2) is 83.5 Å². The first-order valence-corrected chi connectivity index (χ1v) is 10.2. The van der Waals surface area contributed by atoms with Crippen molar-refractivity contribution in [3.8, 4) is 11.5 Å². The van der Waals surface area contributed by atoms with E-state index in [0.29, 0.717) is 34.8 Å². The van der Waals surface area contributed by atoms with Crippen LogP contribution in [0.25, 0.3) is 6.08 Å². The Morgan fingerprint density at radius 1 is 1.00 bits per heavy atom. The number of esters is 1. The number of carbonyl (C=O) groups excluding carboxylic acids is 1. The quantitative estimate of drug-likeness (QED) is 0.212. The van der Waals surface area contributed by atoms with Crippen LogP contribution in [-0.4, -0.2) is 23.4 Å². The Balaban J connectivity index is 1.54. The standard InChI is InChI=1S/C25H20N2O6/c1-2-31-23-15-17(14-21-25(28)33-24(26-21)19-8-4-3-5-9-19)11-12-22(23)32-16-18-7-6-10-20(13-18)27(29)30/h3-15H,2,16H2,1H3/b21-14-. The molecule has 3 aromatic carbocycles. The van der Waals surface area contributed by atoms with Gasteiger partial charge in [-0.05, 0) is 48.4 Å². The van der Waals surface area contributed by atoms with Crippen LogP contribution >= 0.6 is 0 Å². The number of nitro benzene ring substituents is 1. The average Bonchev–Trinajstić information content (AvgIpc) is 3.19. The van der Waals surface area contributed by atoms with Gasteiger partial charge in [-0.15, -0.1) is 0 Å². The van der Waals surface area contributed by atoms with E-state index in [-0.39, 0.29) is 23.9 Å². The molecule has 0 aromatic heterocycles. The van der Waals surface area contributed by atoms with Crippen LogP contribution in [-0.2, 0) is 16.1 Å². The van der Waals surface area contributed by atoms with Crippen LogP contribution in [0.3, 0.4) is 0 Å². The highest BCUT2D eigenvalue weighted by atomic mass is 16.6. The molecule has 1 aliphatic heterocycles. The third-order valence-corrected chi connectivity index (χ3v) is 4.73. The lowest BCUT2D eigenvalue weighted by molar-refractivity contribution is -0.384. The van der Waals surface area contributed by atoms with Gasteiger partial charge in [0, 0.05) is 17.7 Å². The molecule has 0 saturated carbocycles. The zero-order chi connectivity index (χ0) is 23.2. The molecule has 0 bridgehead atoms. The molecule has 0 unspecified atom stereocenters. The zero-order valence-corrected chi connectivity index (χ0v) is 17.8. The molecule has 33 heavy (non-hydrogen) atoms. The van der Waals surface area contributed by atoms with Gasteiger partial charge in [0.05, 0.1) is 11.5 Å². The third kappa shape index (κ3) is 5.24. The van der Waals surface area contributed by atoms with Gasteiger partial charge < -0.3 is 14.2 Å². The maximum absolute atomic E-state index is 12.3. The van der Waals surface area contributed by atoms with E-state index >= 15 is 0 Å². The third-order valence-electron chi connectivity index (χ3n) is 4.73. The summed E-state index contributed by atoms with van der Waals surface area (Å²) in [5, 5.41) is 11.0. The van der Waals surface area contributed by atoms with Gasteiger partial charge >= 0.3 is 5.97 Å². The number of benzene rings is 3. The second-order valence-corrected chi connectivity index (χ2v) is 7.06. The van der Waals surface area contributed by atoms with Gasteiger partial charge in [0.25, 0.3) is 5.69 Å². The normalized spacial score (nSPS) is 14.0. The topological polar surface area (TPSA) is 100 Å². The van der Waals surface area contributed by atoms with Crippen LogP contribution < -0.4 is 9.47 Å². The first-order valence-electron chi connectivity index (χ1n) is 10.2. The van der Waals surface area contributed by atoms with E-state index in [0.717, 1.165) is 0 Å². The van der Waals surface area contributed by atoms with Crippen molar-refractivity contribution in [2.45, 2.75) is 13.5 Å². The maximum Gasteiger partial charge on any atom is 0.363 e. The summed E-state index contributed by atoms with van der Waals surface area (Å²) in [6.07, 6.45) is 1.62. The van der Waals surface area contributed by atoms with Crippen molar-refractivity contribution < 1.29 is 23.9 Å². The molecule has 1 aliphatic rings. The van der Waals surface area contributed by atoms with Gasteiger partial charge in [-0.2, -0.15) is 0 Å². The highest BCUT2D eigenvalue weighted by Crippen LogP contribution is 2.31. The molecule has 8 nitrogen and oxygen atoms in total. The number of nitrogens with zero attached hydrogens (tertiary/aromatic N) is 2. The van der Waals surface area contributed by atoms with Crippen LogP contribution in [0.5, 0.6) is 11.5 Å². The minimum atomic E-state index is -0.530. The lowest BCUT2D eigenvalue weighted by atomic mass is 10.1. The SMILES string of the molecule is CCOc1cc(/C=C2\N=C(c3ccccc3)OC2=O)ccc1OCc1cccc([N+](=O)[O-])c1. The lowest BCUT2D eigenvalue weighted by Gasteiger charge is -2.13. The van der Waals surface area contributed by atoms with Crippen molar-refractivity contribution in [2.24, 2.45) is 4.99 Å². The van der Waals surface area contributed by atoms with E-state index in [2.05, 4.69) is 4.99 Å². The molecular formula is C25H20N2O6. The smallest absolute Gasteiger partial charge is 0.363 e. The molecule has 0 saturated heterocycles. The van der Waals surface area contributed by atoms with Crippen molar-refractivity contribution >= 4 is 23.6 Å². The summed E-state index contributed by atoms with van der Waals surface area (Å²) in [6, 6.07) is 20.7. The predicted octanol–water partition coefficient (Wildman–Crippen LogP) is 4.92. The second kappa shape index (κ2) is 9.78. The first-order chi connectivity index (χ1) is 16.0. The molecule has 1 heterocycles. The summed E-state index contributed by atoms with van der Waals surface area (Å²) in [5.41, 5.74) is 2.25. The van der Waals surface area contributed by atoms with E-state index in [1.807, 2.05) is 37.3 Å². The molecule has 3 aromatic rings. The van der Waals surface area contributed by atoms with E-state index in [4.69, 9.17) is 14.2 Å². The number of rotatable bonds is 8. The molecule has 0 radical (unpaired) electrons. The fourth-order valence-corrected chi connectivity index (χ4v) is 3.19. The molecule has 0 spiro atoms. The molecule has 8 heteroatoms. The van der Waals surface area contributed by atoms with Crippen LogP contribution in [0, 0.1) is 10.1 Å². The minimum absolute atomic E-state index is 0.00183. The number of ether oxygens (including phenoxy) is 3. The number of hydrogen-bond donors (Lipinski definition) is 0. The Morgan fingerprint density at radius 2 is 1.82 bits per heavy atom.